The zero-order valence-corrected chi connectivity index (χ0v) is 11.6. The Hall–Kier alpha value is -2.49. The molecule has 0 aliphatic heterocycles. The van der Waals surface area contributed by atoms with Crippen LogP contribution in [0.1, 0.15) is 12.6 Å². The quantitative estimate of drug-likeness (QED) is 0.515. The molecule has 0 fully saturated rings. The van der Waals surface area contributed by atoms with Gasteiger partial charge in [-0.1, -0.05) is 12.2 Å². The molecule has 0 radical (unpaired) electrons. The Kier molecular flexibility index (Phi) is 4.60. The second kappa shape index (κ2) is 6.61. The average molecular weight is 271 g/mol. The van der Waals surface area contributed by atoms with E-state index >= 15 is 0 Å². The number of methoxy groups -OCH3 is 1. The van der Waals surface area contributed by atoms with E-state index < -0.39 is 0 Å². The number of H-pyrrole nitrogens is 1. The third kappa shape index (κ3) is 3.51. The van der Waals surface area contributed by atoms with Crippen molar-refractivity contribution in [1.82, 2.24) is 4.98 Å². The molecule has 1 heterocycles. The largest absolute Gasteiger partial charge is 0.497 e. The summed E-state index contributed by atoms with van der Waals surface area (Å²) in [6.45, 7) is 2.16. The number of esters is 1. The third-order valence-electron chi connectivity index (χ3n) is 2.75. The van der Waals surface area contributed by atoms with E-state index in [1.165, 1.54) is 6.08 Å². The van der Waals surface area contributed by atoms with Gasteiger partial charge in [0.1, 0.15) is 5.75 Å². The number of aromatic amines is 1. The van der Waals surface area contributed by atoms with E-state index in [1.807, 2.05) is 30.3 Å². The minimum Gasteiger partial charge on any atom is -0.497 e. The molecule has 0 aliphatic rings. The van der Waals surface area contributed by atoms with Gasteiger partial charge in [-0.3, -0.25) is 0 Å². The maximum atomic E-state index is 11.1. The molecule has 104 valence electrons. The van der Waals surface area contributed by atoms with Gasteiger partial charge in [0.15, 0.2) is 0 Å². The van der Waals surface area contributed by atoms with Crippen LogP contribution in [0.25, 0.3) is 17.0 Å². The van der Waals surface area contributed by atoms with Crippen molar-refractivity contribution >= 4 is 22.9 Å². The molecule has 2 aromatic rings. The highest BCUT2D eigenvalue weighted by Crippen LogP contribution is 2.21. The molecule has 0 spiro atoms. The molecule has 1 N–H and O–H groups in total. The number of nitrogens with one attached hydrogen (secondary N) is 1. The molecule has 1 aromatic carbocycles. The summed E-state index contributed by atoms with van der Waals surface area (Å²) in [7, 11) is 1.65. The first-order valence-corrected chi connectivity index (χ1v) is 6.41. The van der Waals surface area contributed by atoms with Gasteiger partial charge in [0.2, 0.25) is 0 Å². The van der Waals surface area contributed by atoms with Crippen molar-refractivity contribution in [3.8, 4) is 5.75 Å². The number of carbonyl (C=O) groups is 1. The van der Waals surface area contributed by atoms with Gasteiger partial charge in [-0.05, 0) is 37.3 Å². The Morgan fingerprint density at radius 3 is 2.90 bits per heavy atom. The molecule has 0 unspecified atom stereocenters. The minimum atomic E-state index is -0.335. The van der Waals surface area contributed by atoms with Crippen LogP contribution in [0.4, 0.5) is 0 Å². The van der Waals surface area contributed by atoms with Crippen LogP contribution in [0.3, 0.4) is 0 Å². The van der Waals surface area contributed by atoms with Crippen molar-refractivity contribution in [3.63, 3.8) is 0 Å². The predicted octanol–water partition coefficient (Wildman–Crippen LogP) is 3.31. The molecular formula is C16H17NO3. The second-order valence-electron chi connectivity index (χ2n) is 4.15. The van der Waals surface area contributed by atoms with E-state index in [2.05, 4.69) is 4.98 Å². The summed E-state index contributed by atoms with van der Waals surface area (Å²) in [5, 5.41) is 1.08. The predicted molar refractivity (Wildman–Crippen MR) is 79.7 cm³/mol. The molecule has 0 saturated carbocycles. The monoisotopic (exact) mass is 271 g/mol. The second-order valence-corrected chi connectivity index (χ2v) is 4.15. The van der Waals surface area contributed by atoms with Gasteiger partial charge in [0.25, 0.3) is 0 Å². The fourth-order valence-corrected chi connectivity index (χ4v) is 1.83. The fourth-order valence-electron chi connectivity index (χ4n) is 1.83. The van der Waals surface area contributed by atoms with Crippen LogP contribution in [-0.4, -0.2) is 24.7 Å². The van der Waals surface area contributed by atoms with Gasteiger partial charge < -0.3 is 14.5 Å². The average Bonchev–Trinajstić information content (AvgIpc) is 2.85. The lowest BCUT2D eigenvalue weighted by Crippen LogP contribution is -1.98. The SMILES string of the molecule is CCOC(=O)C=CC=Cc1cc2cc(OC)ccc2[nH]1. The summed E-state index contributed by atoms with van der Waals surface area (Å²) in [6, 6.07) is 7.87. The van der Waals surface area contributed by atoms with Crippen LogP contribution in [0.2, 0.25) is 0 Å². The Morgan fingerprint density at radius 2 is 2.15 bits per heavy atom. The molecule has 4 nitrogen and oxygen atoms in total. The van der Waals surface area contributed by atoms with Gasteiger partial charge in [0, 0.05) is 22.7 Å². The number of carbonyl (C=O) groups excluding carboxylic acids is 1. The van der Waals surface area contributed by atoms with Gasteiger partial charge in [-0.15, -0.1) is 0 Å². The Balaban J connectivity index is 2.08. The number of hydrogen-bond donors (Lipinski definition) is 1. The van der Waals surface area contributed by atoms with Crippen molar-refractivity contribution in [3.05, 3.63) is 48.2 Å². The molecule has 1 aromatic heterocycles. The summed E-state index contributed by atoms with van der Waals surface area (Å²) in [5.74, 6) is 0.493. The van der Waals surface area contributed by atoms with Crippen molar-refractivity contribution in [2.45, 2.75) is 6.92 Å². The molecule has 4 heteroatoms. The highest BCUT2D eigenvalue weighted by Gasteiger charge is 1.99. The topological polar surface area (TPSA) is 51.3 Å². The maximum Gasteiger partial charge on any atom is 0.330 e. The highest BCUT2D eigenvalue weighted by atomic mass is 16.5. The maximum absolute atomic E-state index is 11.1. The standard InChI is InChI=1S/C16H17NO3/c1-3-20-16(18)7-5-4-6-13-10-12-11-14(19-2)8-9-15(12)17-13/h4-11,17H,3H2,1-2H3. The normalized spacial score (nSPS) is 11.5. The summed E-state index contributed by atoms with van der Waals surface area (Å²) in [4.78, 5) is 14.4. The molecule has 2 rings (SSSR count). The van der Waals surface area contributed by atoms with E-state index in [9.17, 15) is 4.79 Å². The highest BCUT2D eigenvalue weighted by molar-refractivity contribution is 5.84. The molecule has 0 amide bonds. The lowest BCUT2D eigenvalue weighted by molar-refractivity contribution is -0.137. The lowest BCUT2D eigenvalue weighted by Gasteiger charge is -1.97. The van der Waals surface area contributed by atoms with E-state index in [4.69, 9.17) is 9.47 Å². The lowest BCUT2D eigenvalue weighted by atomic mass is 10.2. The first-order valence-electron chi connectivity index (χ1n) is 6.41. The Morgan fingerprint density at radius 1 is 1.30 bits per heavy atom. The third-order valence-corrected chi connectivity index (χ3v) is 2.75. The van der Waals surface area contributed by atoms with Gasteiger partial charge >= 0.3 is 5.97 Å². The van der Waals surface area contributed by atoms with Gasteiger partial charge in [-0.25, -0.2) is 4.79 Å². The molecule has 0 saturated heterocycles. The van der Waals surface area contributed by atoms with Crippen molar-refractivity contribution in [2.24, 2.45) is 0 Å². The Bertz CT molecular complexity index is 653. The van der Waals surface area contributed by atoms with Gasteiger partial charge in [-0.2, -0.15) is 0 Å². The summed E-state index contributed by atoms with van der Waals surface area (Å²) < 4.78 is 9.97. The van der Waals surface area contributed by atoms with Crippen LogP contribution in [0, 0.1) is 0 Å². The Labute approximate surface area is 117 Å². The van der Waals surface area contributed by atoms with Gasteiger partial charge in [0.05, 0.1) is 13.7 Å². The molecular weight excluding hydrogens is 254 g/mol. The summed E-state index contributed by atoms with van der Waals surface area (Å²) in [6.07, 6.45) is 6.73. The smallest absolute Gasteiger partial charge is 0.330 e. The van der Waals surface area contributed by atoms with Crippen LogP contribution in [0.15, 0.2) is 42.5 Å². The number of ether oxygens (including phenoxy) is 2. The van der Waals surface area contributed by atoms with Crippen LogP contribution in [0.5, 0.6) is 5.75 Å². The van der Waals surface area contributed by atoms with Crippen molar-refractivity contribution in [1.29, 1.82) is 0 Å². The molecule has 0 bridgehead atoms. The zero-order chi connectivity index (χ0) is 14.4. The van der Waals surface area contributed by atoms with E-state index in [0.717, 1.165) is 22.3 Å². The van der Waals surface area contributed by atoms with E-state index in [0.29, 0.717) is 6.61 Å². The number of fused-ring (bicyclic) bond motifs is 1. The fraction of sp³-hybridized carbons (Fsp3) is 0.188. The van der Waals surface area contributed by atoms with Crippen molar-refractivity contribution < 1.29 is 14.3 Å². The summed E-state index contributed by atoms with van der Waals surface area (Å²) in [5.41, 5.74) is 2.00. The van der Waals surface area contributed by atoms with Crippen molar-refractivity contribution in [2.75, 3.05) is 13.7 Å². The number of allylic oxidation sites excluding steroid dienone is 2. The molecule has 0 aliphatic carbocycles. The number of hydrogen-bond acceptors (Lipinski definition) is 3. The summed E-state index contributed by atoms with van der Waals surface area (Å²) >= 11 is 0. The van der Waals surface area contributed by atoms with E-state index in [-0.39, 0.29) is 5.97 Å². The van der Waals surface area contributed by atoms with E-state index in [1.54, 1.807) is 26.2 Å². The zero-order valence-electron chi connectivity index (χ0n) is 11.6. The van der Waals surface area contributed by atoms with Crippen LogP contribution >= 0.6 is 0 Å². The number of rotatable bonds is 5. The van der Waals surface area contributed by atoms with Crippen LogP contribution < -0.4 is 4.74 Å². The number of benzene rings is 1. The molecule has 0 atom stereocenters. The molecule has 20 heavy (non-hydrogen) atoms. The first-order chi connectivity index (χ1) is 9.72. The first kappa shape index (κ1) is 13.9. The minimum absolute atomic E-state index is 0.335. The van der Waals surface area contributed by atoms with Crippen LogP contribution in [-0.2, 0) is 9.53 Å². The number of aromatic nitrogens is 1.